The first kappa shape index (κ1) is 19.2. The fourth-order valence-electron chi connectivity index (χ4n) is 3.37. The Morgan fingerprint density at radius 1 is 1.03 bits per heavy atom. The first-order valence-corrected chi connectivity index (χ1v) is 10.3. The molecule has 0 N–H and O–H groups in total. The number of methoxy groups -OCH3 is 1. The molecular weight excluding hydrogens is 384 g/mol. The summed E-state index contributed by atoms with van der Waals surface area (Å²) in [5.41, 5.74) is 4.35. The van der Waals surface area contributed by atoms with Gasteiger partial charge in [-0.1, -0.05) is 23.8 Å². The summed E-state index contributed by atoms with van der Waals surface area (Å²) < 4.78 is 12.5. The third kappa shape index (κ3) is 3.89. The van der Waals surface area contributed by atoms with E-state index in [4.69, 9.17) is 9.47 Å². The minimum absolute atomic E-state index is 0.0374. The van der Waals surface area contributed by atoms with Crippen molar-refractivity contribution in [2.24, 2.45) is 0 Å². The highest BCUT2D eigenvalue weighted by molar-refractivity contribution is 7.17. The van der Waals surface area contributed by atoms with Gasteiger partial charge in [-0.25, -0.2) is 4.98 Å². The van der Waals surface area contributed by atoms with Crippen molar-refractivity contribution >= 4 is 21.6 Å². The van der Waals surface area contributed by atoms with Crippen LogP contribution in [0, 0.1) is 13.8 Å². The lowest BCUT2D eigenvalue weighted by molar-refractivity contribution is 0.295. The second kappa shape index (κ2) is 8.09. The standard InChI is InChI=1S/C23H22N2O3S/c1-15-4-9-19(16(2)12-15)20-13-29-22-21(20)23(26)25(14-24-22)10-11-28-18-7-5-17(27-3)6-8-18/h4-9,12-14H,10-11H2,1-3H3. The van der Waals surface area contributed by atoms with Gasteiger partial charge in [0.2, 0.25) is 0 Å². The largest absolute Gasteiger partial charge is 0.497 e. The summed E-state index contributed by atoms with van der Waals surface area (Å²) in [5.74, 6) is 1.51. The van der Waals surface area contributed by atoms with Gasteiger partial charge < -0.3 is 9.47 Å². The molecular formula is C23H22N2O3S. The van der Waals surface area contributed by atoms with E-state index in [0.29, 0.717) is 18.5 Å². The van der Waals surface area contributed by atoms with Gasteiger partial charge >= 0.3 is 0 Å². The molecule has 0 aliphatic heterocycles. The van der Waals surface area contributed by atoms with Crippen molar-refractivity contribution in [3.05, 3.63) is 75.7 Å². The molecule has 0 atom stereocenters. The molecule has 29 heavy (non-hydrogen) atoms. The van der Waals surface area contributed by atoms with Gasteiger partial charge in [-0.15, -0.1) is 11.3 Å². The zero-order valence-corrected chi connectivity index (χ0v) is 17.5. The Morgan fingerprint density at radius 3 is 2.52 bits per heavy atom. The molecule has 2 aromatic heterocycles. The highest BCUT2D eigenvalue weighted by Crippen LogP contribution is 2.33. The smallest absolute Gasteiger partial charge is 0.262 e. The van der Waals surface area contributed by atoms with Crippen molar-refractivity contribution in [1.82, 2.24) is 9.55 Å². The summed E-state index contributed by atoms with van der Waals surface area (Å²) in [6.45, 7) is 4.95. The van der Waals surface area contributed by atoms with Crippen LogP contribution < -0.4 is 15.0 Å². The molecule has 2 aromatic carbocycles. The van der Waals surface area contributed by atoms with Crippen molar-refractivity contribution in [1.29, 1.82) is 0 Å². The van der Waals surface area contributed by atoms with Crippen LogP contribution in [0.2, 0.25) is 0 Å². The van der Waals surface area contributed by atoms with Crippen molar-refractivity contribution < 1.29 is 9.47 Å². The van der Waals surface area contributed by atoms with E-state index >= 15 is 0 Å². The molecule has 6 heteroatoms. The summed E-state index contributed by atoms with van der Waals surface area (Å²) >= 11 is 1.50. The summed E-state index contributed by atoms with van der Waals surface area (Å²) in [7, 11) is 1.63. The zero-order chi connectivity index (χ0) is 20.4. The van der Waals surface area contributed by atoms with Gasteiger partial charge in [0.15, 0.2) is 0 Å². The molecule has 0 fully saturated rings. The molecule has 0 radical (unpaired) electrons. The van der Waals surface area contributed by atoms with Gasteiger partial charge in [-0.2, -0.15) is 0 Å². The number of rotatable bonds is 6. The van der Waals surface area contributed by atoms with Crippen molar-refractivity contribution in [2.45, 2.75) is 20.4 Å². The Bertz CT molecular complexity index is 1210. The lowest BCUT2D eigenvalue weighted by atomic mass is 9.99. The number of fused-ring (bicyclic) bond motifs is 1. The van der Waals surface area contributed by atoms with Crippen LogP contribution in [0.25, 0.3) is 21.3 Å². The number of nitrogens with zero attached hydrogens (tertiary/aromatic N) is 2. The second-order valence-corrected chi connectivity index (χ2v) is 7.77. The molecule has 0 bridgehead atoms. The van der Waals surface area contributed by atoms with E-state index in [9.17, 15) is 4.79 Å². The monoisotopic (exact) mass is 406 g/mol. The number of thiophene rings is 1. The van der Waals surface area contributed by atoms with E-state index in [-0.39, 0.29) is 5.56 Å². The Morgan fingerprint density at radius 2 is 1.79 bits per heavy atom. The summed E-state index contributed by atoms with van der Waals surface area (Å²) in [5, 5.41) is 2.70. The molecule has 4 rings (SSSR count). The van der Waals surface area contributed by atoms with Gasteiger partial charge in [0.25, 0.3) is 5.56 Å². The average Bonchev–Trinajstić information content (AvgIpc) is 3.15. The van der Waals surface area contributed by atoms with Gasteiger partial charge in [-0.05, 0) is 49.2 Å². The van der Waals surface area contributed by atoms with Crippen LogP contribution >= 0.6 is 11.3 Å². The molecule has 0 spiro atoms. The molecule has 0 saturated carbocycles. The van der Waals surface area contributed by atoms with Gasteiger partial charge in [-0.3, -0.25) is 9.36 Å². The Kier molecular flexibility index (Phi) is 5.36. The summed E-state index contributed by atoms with van der Waals surface area (Å²) in [6, 6.07) is 13.7. The number of aromatic nitrogens is 2. The number of ether oxygens (including phenoxy) is 2. The Hall–Kier alpha value is -3.12. The van der Waals surface area contributed by atoms with E-state index in [1.54, 1.807) is 18.0 Å². The molecule has 2 heterocycles. The highest BCUT2D eigenvalue weighted by Gasteiger charge is 2.14. The van der Waals surface area contributed by atoms with Gasteiger partial charge in [0, 0.05) is 10.9 Å². The quantitative estimate of drug-likeness (QED) is 0.460. The summed E-state index contributed by atoms with van der Waals surface area (Å²) in [6.07, 6.45) is 1.60. The lowest BCUT2D eigenvalue weighted by Gasteiger charge is -2.10. The molecule has 0 aliphatic carbocycles. The zero-order valence-electron chi connectivity index (χ0n) is 16.6. The number of benzene rings is 2. The first-order valence-electron chi connectivity index (χ1n) is 9.38. The molecule has 0 amide bonds. The third-order valence-electron chi connectivity index (χ3n) is 4.89. The molecule has 0 unspecified atom stereocenters. The normalized spacial score (nSPS) is 11.0. The Balaban J connectivity index is 1.59. The second-order valence-electron chi connectivity index (χ2n) is 6.92. The summed E-state index contributed by atoms with van der Waals surface area (Å²) in [4.78, 5) is 18.4. The maximum atomic E-state index is 13.1. The number of hydrogen-bond acceptors (Lipinski definition) is 5. The molecule has 0 saturated heterocycles. The predicted molar refractivity (Wildman–Crippen MR) is 117 cm³/mol. The van der Waals surface area contributed by atoms with E-state index in [1.165, 1.54) is 16.9 Å². The van der Waals surface area contributed by atoms with E-state index in [2.05, 4.69) is 37.0 Å². The maximum Gasteiger partial charge on any atom is 0.262 e. The van der Waals surface area contributed by atoms with Crippen LogP contribution in [0.4, 0.5) is 0 Å². The van der Waals surface area contributed by atoms with Crippen LogP contribution in [-0.2, 0) is 6.54 Å². The Labute approximate surface area is 173 Å². The molecule has 148 valence electrons. The van der Waals surface area contributed by atoms with Crippen molar-refractivity contribution in [2.75, 3.05) is 13.7 Å². The molecule has 4 aromatic rings. The van der Waals surface area contributed by atoms with Gasteiger partial charge in [0.05, 0.1) is 25.4 Å². The SMILES string of the molecule is COc1ccc(OCCn2cnc3scc(-c4ccc(C)cc4C)c3c2=O)cc1. The van der Waals surface area contributed by atoms with Crippen LogP contribution in [0.1, 0.15) is 11.1 Å². The minimum Gasteiger partial charge on any atom is -0.497 e. The minimum atomic E-state index is -0.0374. The highest BCUT2D eigenvalue weighted by atomic mass is 32.1. The molecule has 0 aliphatic rings. The number of hydrogen-bond donors (Lipinski definition) is 0. The van der Waals surface area contributed by atoms with Crippen molar-refractivity contribution in [3.8, 4) is 22.6 Å². The van der Waals surface area contributed by atoms with E-state index in [1.807, 2.05) is 29.6 Å². The predicted octanol–water partition coefficient (Wildman–Crippen LogP) is 4.83. The third-order valence-corrected chi connectivity index (χ3v) is 5.78. The van der Waals surface area contributed by atoms with E-state index in [0.717, 1.165) is 33.0 Å². The van der Waals surface area contributed by atoms with Gasteiger partial charge in [0.1, 0.15) is 22.9 Å². The topological polar surface area (TPSA) is 53.4 Å². The van der Waals surface area contributed by atoms with E-state index < -0.39 is 0 Å². The first-order chi connectivity index (χ1) is 14.1. The average molecular weight is 407 g/mol. The maximum absolute atomic E-state index is 13.1. The fraction of sp³-hybridized carbons (Fsp3) is 0.217. The van der Waals surface area contributed by atoms with Crippen LogP contribution in [0.3, 0.4) is 0 Å². The van der Waals surface area contributed by atoms with Crippen LogP contribution in [0.5, 0.6) is 11.5 Å². The van der Waals surface area contributed by atoms with Crippen LogP contribution in [0.15, 0.2) is 59.0 Å². The molecule has 5 nitrogen and oxygen atoms in total. The fourth-order valence-corrected chi connectivity index (χ4v) is 4.27. The van der Waals surface area contributed by atoms with Crippen LogP contribution in [-0.4, -0.2) is 23.3 Å². The van der Waals surface area contributed by atoms with Crippen molar-refractivity contribution in [3.63, 3.8) is 0 Å². The lowest BCUT2D eigenvalue weighted by Crippen LogP contribution is -2.23. The number of aryl methyl sites for hydroxylation is 2.